The lowest BCUT2D eigenvalue weighted by Crippen LogP contribution is -2.12. The highest BCUT2D eigenvalue weighted by atomic mass is 35.5. The fraction of sp³-hybridized carbons (Fsp3) is 0.182. The average molecular weight is 312 g/mol. The molecule has 2 aromatic rings. The third-order valence-electron chi connectivity index (χ3n) is 2.38. The molecule has 1 radical (unpaired) electrons. The molecule has 0 atom stereocenters. The average Bonchev–Trinajstić information content (AvgIpc) is 2.53. The summed E-state index contributed by atoms with van der Waals surface area (Å²) in [6.07, 6.45) is -4.68. The van der Waals surface area contributed by atoms with Crippen LogP contribution in [-0.2, 0) is 13.2 Å². The number of hydrogen-bond donors (Lipinski definition) is 0. The van der Waals surface area contributed by atoms with Crippen molar-refractivity contribution in [3.63, 3.8) is 0 Å². The van der Waals surface area contributed by atoms with Crippen molar-refractivity contribution in [3.8, 4) is 11.3 Å². The largest absolute Gasteiger partial charge is 0.434 e. The zero-order valence-corrected chi connectivity index (χ0v) is 10.8. The Balaban J connectivity index is 2.65. The van der Waals surface area contributed by atoms with Gasteiger partial charge < -0.3 is 0 Å². The second-order valence-corrected chi connectivity index (χ2v) is 4.46. The number of halogens is 6. The van der Waals surface area contributed by atoms with Crippen LogP contribution in [0.1, 0.15) is 5.69 Å². The molecule has 0 bridgehead atoms. The van der Waals surface area contributed by atoms with Crippen LogP contribution in [0.5, 0.6) is 0 Å². The van der Waals surface area contributed by atoms with Gasteiger partial charge in [-0.25, -0.2) is 4.39 Å². The molecule has 0 amide bonds. The Hall–Kier alpha value is -1.27. The SMILES string of the molecule is Cn1nc(-c2c[c]c(Cl)cc2F)c(Cl)c1C(F)(F)F. The van der Waals surface area contributed by atoms with Crippen molar-refractivity contribution in [2.45, 2.75) is 6.18 Å². The van der Waals surface area contributed by atoms with Gasteiger partial charge in [0.2, 0.25) is 0 Å². The minimum atomic E-state index is -4.68. The van der Waals surface area contributed by atoms with Crippen LogP contribution in [-0.4, -0.2) is 9.78 Å². The molecule has 101 valence electrons. The first-order valence-electron chi connectivity index (χ1n) is 4.88. The lowest BCUT2D eigenvalue weighted by Gasteiger charge is -2.06. The van der Waals surface area contributed by atoms with E-state index in [9.17, 15) is 17.6 Å². The van der Waals surface area contributed by atoms with Gasteiger partial charge in [0.1, 0.15) is 11.5 Å². The van der Waals surface area contributed by atoms with E-state index in [2.05, 4.69) is 11.2 Å². The number of rotatable bonds is 1. The lowest BCUT2D eigenvalue weighted by molar-refractivity contribution is -0.143. The maximum atomic E-state index is 13.7. The molecule has 0 spiro atoms. The van der Waals surface area contributed by atoms with E-state index in [0.29, 0.717) is 4.68 Å². The first kappa shape index (κ1) is 14.1. The number of nitrogens with zero attached hydrogens (tertiary/aromatic N) is 2. The molecule has 19 heavy (non-hydrogen) atoms. The van der Waals surface area contributed by atoms with Gasteiger partial charge in [-0.05, 0) is 12.1 Å². The van der Waals surface area contributed by atoms with Gasteiger partial charge >= 0.3 is 6.18 Å². The van der Waals surface area contributed by atoms with Crippen LogP contribution in [0.25, 0.3) is 11.3 Å². The van der Waals surface area contributed by atoms with Crippen molar-refractivity contribution < 1.29 is 17.6 Å². The van der Waals surface area contributed by atoms with Gasteiger partial charge in [-0.1, -0.05) is 23.2 Å². The van der Waals surface area contributed by atoms with Crippen LogP contribution in [0, 0.1) is 11.9 Å². The Morgan fingerprint density at radius 3 is 2.42 bits per heavy atom. The standard InChI is InChI=1S/C11H5Cl2F4N2/c1-19-10(11(15,16)17)8(13)9(18-19)6-3-2-5(12)4-7(6)14/h3-4H,1H3. The zero-order valence-electron chi connectivity index (χ0n) is 9.32. The monoisotopic (exact) mass is 311 g/mol. The molecule has 0 aliphatic heterocycles. The minimum Gasteiger partial charge on any atom is -0.262 e. The number of alkyl halides is 3. The molecular formula is C11H5Cl2F4N2. The number of aryl methyl sites for hydroxylation is 1. The first-order valence-corrected chi connectivity index (χ1v) is 5.64. The van der Waals surface area contributed by atoms with E-state index < -0.39 is 22.7 Å². The molecule has 2 rings (SSSR count). The summed E-state index contributed by atoms with van der Waals surface area (Å²) in [5, 5.41) is 2.94. The van der Waals surface area contributed by atoms with Crippen LogP contribution in [0.4, 0.5) is 17.6 Å². The maximum Gasteiger partial charge on any atom is 0.434 e. The first-order chi connectivity index (χ1) is 8.71. The molecule has 0 aliphatic carbocycles. The molecule has 2 nitrogen and oxygen atoms in total. The third-order valence-corrected chi connectivity index (χ3v) is 2.95. The Labute approximate surface area is 115 Å². The Kier molecular flexibility index (Phi) is 3.49. The topological polar surface area (TPSA) is 17.8 Å². The van der Waals surface area contributed by atoms with Crippen molar-refractivity contribution in [3.05, 3.63) is 39.8 Å². The van der Waals surface area contributed by atoms with Crippen LogP contribution in [0.2, 0.25) is 10.0 Å². The minimum absolute atomic E-state index is 0.00403. The van der Waals surface area contributed by atoms with Crippen molar-refractivity contribution in [1.82, 2.24) is 9.78 Å². The van der Waals surface area contributed by atoms with E-state index in [-0.39, 0.29) is 16.3 Å². The molecule has 0 N–H and O–H groups in total. The number of benzene rings is 1. The summed E-state index contributed by atoms with van der Waals surface area (Å²) >= 11 is 11.2. The summed E-state index contributed by atoms with van der Waals surface area (Å²) in [6, 6.07) is 4.50. The molecule has 0 saturated carbocycles. The molecule has 0 saturated heterocycles. The Morgan fingerprint density at radius 2 is 1.95 bits per heavy atom. The van der Waals surface area contributed by atoms with Crippen molar-refractivity contribution in [2.75, 3.05) is 0 Å². The molecule has 0 fully saturated rings. The van der Waals surface area contributed by atoms with Gasteiger partial charge in [0, 0.05) is 18.7 Å². The molecule has 1 aromatic carbocycles. The Morgan fingerprint density at radius 1 is 1.32 bits per heavy atom. The van der Waals surface area contributed by atoms with Gasteiger partial charge in [-0.15, -0.1) is 0 Å². The van der Waals surface area contributed by atoms with Crippen molar-refractivity contribution in [1.29, 1.82) is 0 Å². The fourth-order valence-electron chi connectivity index (χ4n) is 1.60. The number of hydrogen-bond acceptors (Lipinski definition) is 1. The van der Waals surface area contributed by atoms with Crippen LogP contribution >= 0.6 is 23.2 Å². The van der Waals surface area contributed by atoms with Crippen molar-refractivity contribution in [2.24, 2.45) is 7.05 Å². The van der Waals surface area contributed by atoms with Crippen LogP contribution in [0.15, 0.2) is 12.1 Å². The van der Waals surface area contributed by atoms with E-state index in [1.807, 2.05) is 0 Å². The van der Waals surface area contributed by atoms with Gasteiger partial charge in [0.15, 0.2) is 5.69 Å². The van der Waals surface area contributed by atoms with E-state index >= 15 is 0 Å². The van der Waals surface area contributed by atoms with E-state index in [4.69, 9.17) is 23.2 Å². The highest BCUT2D eigenvalue weighted by Gasteiger charge is 2.39. The van der Waals surface area contributed by atoms with E-state index in [1.54, 1.807) is 0 Å². The zero-order chi connectivity index (χ0) is 14.4. The molecule has 0 aliphatic rings. The molecule has 0 unspecified atom stereocenters. The van der Waals surface area contributed by atoms with E-state index in [1.165, 1.54) is 0 Å². The maximum absolute atomic E-state index is 13.7. The fourth-order valence-corrected chi connectivity index (χ4v) is 2.12. The van der Waals surface area contributed by atoms with Crippen LogP contribution in [0.3, 0.4) is 0 Å². The highest BCUT2D eigenvalue weighted by Crippen LogP contribution is 2.40. The summed E-state index contributed by atoms with van der Waals surface area (Å²) in [5.74, 6) is -0.822. The summed E-state index contributed by atoms with van der Waals surface area (Å²) in [6.45, 7) is 0. The van der Waals surface area contributed by atoms with Crippen LogP contribution < -0.4 is 0 Å². The predicted octanol–water partition coefficient (Wildman–Crippen LogP) is 4.35. The quantitative estimate of drug-likeness (QED) is 0.716. The summed E-state index contributed by atoms with van der Waals surface area (Å²) in [7, 11) is 1.08. The molecule has 1 heterocycles. The normalized spacial score (nSPS) is 11.9. The van der Waals surface area contributed by atoms with Gasteiger partial charge in [-0.2, -0.15) is 18.3 Å². The summed E-state index contributed by atoms with van der Waals surface area (Å²) < 4.78 is 52.4. The smallest absolute Gasteiger partial charge is 0.262 e. The lowest BCUT2D eigenvalue weighted by atomic mass is 10.1. The van der Waals surface area contributed by atoms with Crippen molar-refractivity contribution >= 4 is 23.2 Å². The number of aromatic nitrogens is 2. The van der Waals surface area contributed by atoms with E-state index in [0.717, 1.165) is 19.2 Å². The Bertz CT molecular complexity index is 634. The summed E-state index contributed by atoms with van der Waals surface area (Å²) in [4.78, 5) is 0. The third kappa shape index (κ3) is 2.55. The summed E-state index contributed by atoms with van der Waals surface area (Å²) in [5.41, 5.74) is -1.64. The second kappa shape index (κ2) is 4.68. The van der Waals surface area contributed by atoms with Gasteiger partial charge in [0.25, 0.3) is 0 Å². The molecule has 8 heteroatoms. The van der Waals surface area contributed by atoms with Gasteiger partial charge in [0.05, 0.1) is 10.0 Å². The molecular weight excluding hydrogens is 307 g/mol. The van der Waals surface area contributed by atoms with Gasteiger partial charge in [-0.3, -0.25) is 4.68 Å². The second-order valence-electron chi connectivity index (χ2n) is 3.68. The molecule has 1 aromatic heterocycles. The predicted molar refractivity (Wildman–Crippen MR) is 62.5 cm³/mol. The highest BCUT2D eigenvalue weighted by molar-refractivity contribution is 6.34.